The van der Waals surface area contributed by atoms with Crippen LogP contribution in [0.5, 0.6) is 5.75 Å². The number of pyridine rings is 1. The fourth-order valence-corrected chi connectivity index (χ4v) is 1.33. The predicted molar refractivity (Wildman–Crippen MR) is 60.9 cm³/mol. The van der Waals surface area contributed by atoms with Crippen LogP contribution >= 0.6 is 0 Å². The molecule has 0 radical (unpaired) electrons. The van der Waals surface area contributed by atoms with E-state index < -0.39 is 0 Å². The van der Waals surface area contributed by atoms with Crippen molar-refractivity contribution in [1.82, 2.24) is 15.0 Å². The average Bonchev–Trinajstić information content (AvgIpc) is 2.40. The van der Waals surface area contributed by atoms with E-state index in [4.69, 9.17) is 4.74 Å². The SMILES string of the molecule is CCOc1cncc(C(=O)c2ncccn2)c1. The van der Waals surface area contributed by atoms with Crippen molar-refractivity contribution in [1.29, 1.82) is 0 Å². The highest BCUT2D eigenvalue weighted by Crippen LogP contribution is 2.13. The highest BCUT2D eigenvalue weighted by molar-refractivity contribution is 6.06. The molecule has 0 unspecified atom stereocenters. The molecule has 0 fully saturated rings. The molecule has 0 bridgehead atoms. The first-order valence-electron chi connectivity index (χ1n) is 5.21. The van der Waals surface area contributed by atoms with Gasteiger partial charge in [-0.1, -0.05) is 0 Å². The van der Waals surface area contributed by atoms with E-state index in [2.05, 4.69) is 15.0 Å². The molecule has 0 N–H and O–H groups in total. The molecule has 0 saturated heterocycles. The first-order chi connectivity index (χ1) is 8.31. The summed E-state index contributed by atoms with van der Waals surface area (Å²) in [6.45, 7) is 2.40. The van der Waals surface area contributed by atoms with Crippen LogP contribution in [0.1, 0.15) is 23.1 Å². The zero-order valence-electron chi connectivity index (χ0n) is 9.33. The van der Waals surface area contributed by atoms with Gasteiger partial charge < -0.3 is 4.74 Å². The minimum Gasteiger partial charge on any atom is -0.492 e. The van der Waals surface area contributed by atoms with Crippen molar-refractivity contribution >= 4 is 5.78 Å². The number of rotatable bonds is 4. The summed E-state index contributed by atoms with van der Waals surface area (Å²) in [6, 6.07) is 3.29. The van der Waals surface area contributed by atoms with Crippen molar-refractivity contribution in [3.05, 3.63) is 48.3 Å². The third kappa shape index (κ3) is 2.63. The molecule has 2 aromatic rings. The van der Waals surface area contributed by atoms with Gasteiger partial charge in [-0.3, -0.25) is 9.78 Å². The van der Waals surface area contributed by atoms with Crippen LogP contribution in [0.15, 0.2) is 36.9 Å². The van der Waals surface area contributed by atoms with Gasteiger partial charge in [0.15, 0.2) is 0 Å². The summed E-state index contributed by atoms with van der Waals surface area (Å²) in [5.74, 6) is 0.455. The highest BCUT2D eigenvalue weighted by Gasteiger charge is 2.12. The Kier molecular flexibility index (Phi) is 3.40. The molecule has 17 heavy (non-hydrogen) atoms. The van der Waals surface area contributed by atoms with Crippen molar-refractivity contribution in [2.75, 3.05) is 6.61 Å². The number of nitrogens with zero attached hydrogens (tertiary/aromatic N) is 3. The van der Waals surface area contributed by atoms with Gasteiger partial charge in [-0.15, -0.1) is 0 Å². The van der Waals surface area contributed by atoms with E-state index in [0.29, 0.717) is 17.9 Å². The topological polar surface area (TPSA) is 65.0 Å². The smallest absolute Gasteiger partial charge is 0.231 e. The molecule has 0 amide bonds. The lowest BCUT2D eigenvalue weighted by atomic mass is 10.2. The van der Waals surface area contributed by atoms with Crippen LogP contribution < -0.4 is 4.74 Å². The van der Waals surface area contributed by atoms with Gasteiger partial charge in [-0.25, -0.2) is 9.97 Å². The molecule has 0 spiro atoms. The molecule has 2 rings (SSSR count). The van der Waals surface area contributed by atoms with Crippen molar-refractivity contribution in [2.24, 2.45) is 0 Å². The van der Waals surface area contributed by atoms with Crippen LogP contribution in [0.2, 0.25) is 0 Å². The molecule has 0 atom stereocenters. The third-order valence-electron chi connectivity index (χ3n) is 2.06. The molecule has 86 valence electrons. The fraction of sp³-hybridized carbons (Fsp3) is 0.167. The van der Waals surface area contributed by atoms with Gasteiger partial charge in [0.2, 0.25) is 11.6 Å². The van der Waals surface area contributed by atoms with Gasteiger partial charge in [0.25, 0.3) is 0 Å². The number of carbonyl (C=O) groups is 1. The number of hydrogen-bond donors (Lipinski definition) is 0. The normalized spacial score (nSPS) is 9.94. The number of hydrogen-bond acceptors (Lipinski definition) is 5. The summed E-state index contributed by atoms with van der Waals surface area (Å²) in [7, 11) is 0. The quantitative estimate of drug-likeness (QED) is 0.743. The molecule has 0 aliphatic carbocycles. The predicted octanol–water partition coefficient (Wildman–Crippen LogP) is 1.50. The Morgan fingerprint density at radius 1 is 1.29 bits per heavy atom. The largest absolute Gasteiger partial charge is 0.492 e. The second-order valence-corrected chi connectivity index (χ2v) is 3.24. The Morgan fingerprint density at radius 2 is 2.06 bits per heavy atom. The van der Waals surface area contributed by atoms with E-state index in [1.807, 2.05) is 6.92 Å². The molecule has 0 aliphatic heterocycles. The minimum atomic E-state index is -0.264. The molecule has 2 heterocycles. The summed E-state index contributed by atoms with van der Waals surface area (Å²) in [5.41, 5.74) is 0.419. The lowest BCUT2D eigenvalue weighted by Crippen LogP contribution is -2.07. The Labute approximate surface area is 98.5 Å². The van der Waals surface area contributed by atoms with E-state index in [9.17, 15) is 4.79 Å². The second-order valence-electron chi connectivity index (χ2n) is 3.24. The summed E-state index contributed by atoms with van der Waals surface area (Å²) < 4.78 is 5.28. The van der Waals surface area contributed by atoms with Crippen LogP contribution in [0.4, 0.5) is 0 Å². The van der Waals surface area contributed by atoms with Crippen molar-refractivity contribution < 1.29 is 9.53 Å². The summed E-state index contributed by atoms with van der Waals surface area (Å²) in [6.07, 6.45) is 6.09. The van der Waals surface area contributed by atoms with E-state index in [-0.39, 0.29) is 11.6 Å². The molecule has 5 heteroatoms. The molecular formula is C12H11N3O2. The Bertz CT molecular complexity index is 514. The van der Waals surface area contributed by atoms with Crippen LogP contribution in [-0.2, 0) is 0 Å². The summed E-state index contributed by atoms with van der Waals surface area (Å²) in [5, 5.41) is 0. The first-order valence-corrected chi connectivity index (χ1v) is 5.21. The summed E-state index contributed by atoms with van der Waals surface area (Å²) >= 11 is 0. The number of aromatic nitrogens is 3. The average molecular weight is 229 g/mol. The Hall–Kier alpha value is -2.30. The maximum absolute atomic E-state index is 12.0. The first kappa shape index (κ1) is 11.2. The van der Waals surface area contributed by atoms with E-state index in [1.165, 1.54) is 18.6 Å². The zero-order chi connectivity index (χ0) is 12.1. The van der Waals surface area contributed by atoms with Crippen LogP contribution in [0.3, 0.4) is 0 Å². The molecule has 0 saturated carbocycles. The number of carbonyl (C=O) groups excluding carboxylic acids is 1. The van der Waals surface area contributed by atoms with E-state index in [1.54, 1.807) is 18.3 Å². The number of ether oxygens (including phenoxy) is 1. The third-order valence-corrected chi connectivity index (χ3v) is 2.06. The Morgan fingerprint density at radius 3 is 2.76 bits per heavy atom. The molecular weight excluding hydrogens is 218 g/mol. The molecule has 0 aliphatic rings. The van der Waals surface area contributed by atoms with Crippen LogP contribution in [0, 0.1) is 0 Å². The second kappa shape index (κ2) is 5.16. The summed E-state index contributed by atoms with van der Waals surface area (Å²) in [4.78, 5) is 23.7. The van der Waals surface area contributed by atoms with Crippen molar-refractivity contribution in [2.45, 2.75) is 6.92 Å². The number of ketones is 1. The van der Waals surface area contributed by atoms with Gasteiger partial charge in [0, 0.05) is 24.2 Å². The Balaban J connectivity index is 2.28. The van der Waals surface area contributed by atoms with Gasteiger partial charge in [0.1, 0.15) is 5.75 Å². The molecule has 5 nitrogen and oxygen atoms in total. The van der Waals surface area contributed by atoms with Crippen molar-refractivity contribution in [3.8, 4) is 5.75 Å². The van der Waals surface area contributed by atoms with Gasteiger partial charge >= 0.3 is 0 Å². The van der Waals surface area contributed by atoms with E-state index >= 15 is 0 Å². The standard InChI is InChI=1S/C12H11N3O2/c1-2-17-10-6-9(7-13-8-10)11(16)12-14-4-3-5-15-12/h3-8H,2H2,1H3. The highest BCUT2D eigenvalue weighted by atomic mass is 16.5. The van der Waals surface area contributed by atoms with Crippen LogP contribution in [0.25, 0.3) is 0 Å². The maximum atomic E-state index is 12.0. The van der Waals surface area contributed by atoms with Crippen molar-refractivity contribution in [3.63, 3.8) is 0 Å². The molecule has 0 aromatic carbocycles. The van der Waals surface area contributed by atoms with Gasteiger partial charge in [0.05, 0.1) is 12.8 Å². The fourth-order valence-electron chi connectivity index (χ4n) is 1.33. The lowest BCUT2D eigenvalue weighted by molar-refractivity contribution is 0.102. The van der Waals surface area contributed by atoms with Gasteiger partial charge in [-0.2, -0.15) is 0 Å². The lowest BCUT2D eigenvalue weighted by Gasteiger charge is -2.03. The van der Waals surface area contributed by atoms with Crippen LogP contribution in [-0.4, -0.2) is 27.3 Å². The monoisotopic (exact) mass is 229 g/mol. The van der Waals surface area contributed by atoms with E-state index in [0.717, 1.165) is 0 Å². The minimum absolute atomic E-state index is 0.156. The molecule has 2 aromatic heterocycles. The maximum Gasteiger partial charge on any atom is 0.231 e. The zero-order valence-corrected chi connectivity index (χ0v) is 9.33. The van der Waals surface area contributed by atoms with Gasteiger partial charge in [-0.05, 0) is 19.1 Å².